The van der Waals surface area contributed by atoms with Gasteiger partial charge in [0.1, 0.15) is 48.0 Å². The number of guanidine groups is 1. The van der Waals surface area contributed by atoms with E-state index in [9.17, 15) is 52.7 Å². The van der Waals surface area contributed by atoms with Gasteiger partial charge in [-0.1, -0.05) is 83.3 Å². The summed E-state index contributed by atoms with van der Waals surface area (Å²) in [4.78, 5) is 156. The maximum Gasteiger partial charge on any atom is 0.246 e. The third-order valence-electron chi connectivity index (χ3n) is 13.7. The van der Waals surface area contributed by atoms with Crippen LogP contribution in [0.15, 0.2) is 59.6 Å². The molecule has 2 aromatic carbocycles. The highest BCUT2D eigenvalue weighted by Crippen LogP contribution is 2.48. The first kappa shape index (κ1) is 63.2. The van der Waals surface area contributed by atoms with Crippen molar-refractivity contribution >= 4 is 92.5 Å². The van der Waals surface area contributed by atoms with E-state index in [0.29, 0.717) is 36.1 Å². The number of likely N-dealkylation sites (tertiary alicyclic amines) is 1. The highest BCUT2D eigenvalue weighted by molar-refractivity contribution is 8.77. The summed E-state index contributed by atoms with van der Waals surface area (Å²) < 4.78 is 4.59. The van der Waals surface area contributed by atoms with Gasteiger partial charge < -0.3 is 75.5 Å². The molecular weight excluding hydrogens is 1080 g/mol. The fraction of sp³-hybridized carbons (Fsp3) is 0.538. The molecule has 436 valence electrons. The fourth-order valence-electron chi connectivity index (χ4n) is 9.59. The Labute approximate surface area is 471 Å². The van der Waals surface area contributed by atoms with Crippen LogP contribution in [0.2, 0.25) is 0 Å². The topological polar surface area (TPSA) is 427 Å². The van der Waals surface area contributed by atoms with Crippen LogP contribution in [0.1, 0.15) is 94.6 Å². The Balaban J connectivity index is 1.53. The molecule has 5 rings (SSSR count). The third kappa shape index (κ3) is 20.2. The van der Waals surface area contributed by atoms with Gasteiger partial charge in [-0.15, -0.1) is 0 Å². The van der Waals surface area contributed by atoms with Gasteiger partial charge in [-0.3, -0.25) is 57.7 Å². The van der Waals surface area contributed by atoms with Crippen LogP contribution in [-0.4, -0.2) is 155 Å². The van der Waals surface area contributed by atoms with Crippen LogP contribution in [0.4, 0.5) is 0 Å². The lowest BCUT2D eigenvalue weighted by molar-refractivity contribution is -0.142. The second kappa shape index (κ2) is 31.2. The molecule has 1 saturated carbocycles. The number of hydrogen-bond acceptors (Lipinski definition) is 15. The van der Waals surface area contributed by atoms with Crippen LogP contribution in [0.5, 0.6) is 5.75 Å². The molecule has 26 nitrogen and oxygen atoms in total. The summed E-state index contributed by atoms with van der Waals surface area (Å²) in [5.74, 6) is -8.92. The number of methoxy groups -OCH3 is 1. The Bertz CT molecular complexity index is 2570. The van der Waals surface area contributed by atoms with Gasteiger partial charge in [0.05, 0.1) is 20.1 Å². The number of rotatable bonds is 20. The van der Waals surface area contributed by atoms with Crippen LogP contribution in [0.25, 0.3) is 0 Å². The van der Waals surface area contributed by atoms with Crippen LogP contribution in [0.3, 0.4) is 0 Å². The van der Waals surface area contributed by atoms with Gasteiger partial charge >= 0.3 is 0 Å². The van der Waals surface area contributed by atoms with Crippen molar-refractivity contribution in [3.8, 4) is 5.75 Å². The molecule has 0 unspecified atom stereocenters. The highest BCUT2D eigenvalue weighted by Gasteiger charge is 2.42. The average Bonchev–Trinajstić information content (AvgIpc) is 3.95. The molecule has 2 heterocycles. The lowest BCUT2D eigenvalue weighted by Crippen LogP contribution is -2.61. The highest BCUT2D eigenvalue weighted by atomic mass is 33.1. The largest absolute Gasteiger partial charge is 0.497 e. The monoisotopic (exact) mass is 1150 g/mol. The number of primary amides is 3. The van der Waals surface area contributed by atoms with Crippen molar-refractivity contribution in [1.82, 2.24) is 42.1 Å². The molecule has 3 aliphatic rings. The first-order valence-corrected chi connectivity index (χ1v) is 28.7. The predicted molar refractivity (Wildman–Crippen MR) is 298 cm³/mol. The van der Waals surface area contributed by atoms with Gasteiger partial charge in [-0.05, 0) is 68.2 Å². The maximum absolute atomic E-state index is 15.0. The van der Waals surface area contributed by atoms with Gasteiger partial charge in [0.15, 0.2) is 5.96 Å². The lowest BCUT2D eigenvalue weighted by Gasteiger charge is -2.37. The second-order valence-corrected chi connectivity index (χ2v) is 22.8. The maximum atomic E-state index is 15.0. The van der Waals surface area contributed by atoms with Gasteiger partial charge in [0, 0.05) is 49.3 Å². The van der Waals surface area contributed by atoms with E-state index in [4.69, 9.17) is 33.4 Å². The smallest absolute Gasteiger partial charge is 0.246 e. The molecule has 2 aromatic rings. The molecule has 3 fully saturated rings. The standard InChI is InChI=1S/C52H74N14O12S2/c1-78-32-16-14-31(15-17-32)25-35-46(73)63-36(24-30-10-4-2-5-11-30)47(74)61-34(18-19-40(53)67)45(72)64-37(26-41(54)68)48(75)65-38(29-79-80-52(27-43(70)60-35)20-6-3-7-21-52)50(77)66-23-9-13-39(66)49(76)62-33(12-8-22-58-51(56)57)44(71)59-28-42(55)69/h2,4-5,10-11,14-17,33-39H,3,6-9,12-13,18-29H2,1H3,(H2,53,67)(H2,54,68)(H2,55,69)(H,59,71)(H,60,70)(H,61,74)(H,62,76)(H,63,73)(H,64,72)(H,65,75)(H4,56,57,58)/t33-,34-,35-,36-,37-,38-,39-/m0/s1. The summed E-state index contributed by atoms with van der Waals surface area (Å²) in [6.45, 7) is -0.382. The Kier molecular flexibility index (Phi) is 24.7. The van der Waals surface area contributed by atoms with Gasteiger partial charge in [-0.25, -0.2) is 0 Å². The summed E-state index contributed by atoms with van der Waals surface area (Å²) in [5.41, 5.74) is 28.5. The molecule has 2 saturated heterocycles. The number of nitrogens with zero attached hydrogens (tertiary/aromatic N) is 2. The number of amides is 11. The Morgan fingerprint density at radius 2 is 1.35 bits per heavy atom. The molecule has 1 spiro atoms. The van der Waals surface area contributed by atoms with Gasteiger partial charge in [0.2, 0.25) is 65.0 Å². The average molecular weight is 1150 g/mol. The van der Waals surface area contributed by atoms with E-state index in [2.05, 4.69) is 42.2 Å². The van der Waals surface area contributed by atoms with E-state index < -0.39 is 138 Å². The molecule has 0 radical (unpaired) electrons. The molecule has 17 N–H and O–H groups in total. The zero-order chi connectivity index (χ0) is 58.4. The number of hydrogen-bond donors (Lipinski definition) is 12. The van der Waals surface area contributed by atoms with Crippen molar-refractivity contribution in [2.45, 2.75) is 143 Å². The van der Waals surface area contributed by atoms with Crippen LogP contribution >= 0.6 is 21.6 Å². The normalized spacial score (nSPS) is 22.6. The van der Waals surface area contributed by atoms with Crippen molar-refractivity contribution < 1.29 is 57.5 Å². The molecular formula is C52H74N14O12S2. The van der Waals surface area contributed by atoms with Crippen LogP contribution in [-0.2, 0) is 65.6 Å². The van der Waals surface area contributed by atoms with Crippen LogP contribution < -0.4 is 70.6 Å². The minimum atomic E-state index is -1.77. The minimum absolute atomic E-state index is 0.0113. The van der Waals surface area contributed by atoms with Crippen molar-refractivity contribution in [3.05, 3.63) is 65.7 Å². The second-order valence-electron chi connectivity index (χ2n) is 20.0. The summed E-state index contributed by atoms with van der Waals surface area (Å²) >= 11 is 0. The van der Waals surface area contributed by atoms with E-state index >= 15 is 0 Å². The quantitative estimate of drug-likeness (QED) is 0.0286. The summed E-state index contributed by atoms with van der Waals surface area (Å²) in [5, 5.41) is 18.5. The number of nitrogens with one attached hydrogen (secondary N) is 7. The number of carbonyl (C=O) groups excluding carboxylic acids is 11. The Morgan fingerprint density at radius 3 is 1.98 bits per heavy atom. The van der Waals surface area contributed by atoms with Crippen molar-refractivity contribution in [2.24, 2.45) is 33.7 Å². The third-order valence-corrected chi connectivity index (χ3v) is 17.0. The molecule has 0 aromatic heterocycles. The Hall–Kier alpha value is -7.62. The molecule has 80 heavy (non-hydrogen) atoms. The molecule has 1 aliphatic carbocycles. The fourth-order valence-corrected chi connectivity index (χ4v) is 13.0. The summed E-state index contributed by atoms with van der Waals surface area (Å²) in [7, 11) is 4.02. The minimum Gasteiger partial charge on any atom is -0.497 e. The van der Waals surface area contributed by atoms with E-state index in [-0.39, 0.29) is 63.3 Å². The molecule has 28 heteroatoms. The zero-order valence-electron chi connectivity index (χ0n) is 44.7. The summed E-state index contributed by atoms with van der Waals surface area (Å²) in [6, 6.07) is 5.70. The molecule has 2 aliphatic heterocycles. The zero-order valence-corrected chi connectivity index (χ0v) is 46.3. The molecule has 7 atom stereocenters. The Morgan fingerprint density at radius 1 is 0.738 bits per heavy atom. The van der Waals surface area contributed by atoms with E-state index in [1.54, 1.807) is 54.6 Å². The van der Waals surface area contributed by atoms with Crippen molar-refractivity contribution in [3.63, 3.8) is 0 Å². The molecule has 0 bridgehead atoms. The van der Waals surface area contributed by atoms with Crippen molar-refractivity contribution in [1.29, 1.82) is 0 Å². The number of ether oxygens (including phenoxy) is 1. The first-order chi connectivity index (χ1) is 38.1. The van der Waals surface area contributed by atoms with Crippen molar-refractivity contribution in [2.75, 3.05) is 32.5 Å². The van der Waals surface area contributed by atoms with E-state index in [1.807, 2.05) is 0 Å². The molecule has 11 amide bonds. The predicted octanol–water partition coefficient (Wildman–Crippen LogP) is -2.34. The number of nitrogens with two attached hydrogens (primary N) is 5. The first-order valence-electron chi connectivity index (χ1n) is 26.4. The van der Waals surface area contributed by atoms with E-state index in [0.717, 1.165) is 19.3 Å². The summed E-state index contributed by atoms with van der Waals surface area (Å²) in [6.07, 6.45) is 2.41. The SMILES string of the molecule is COc1ccc(C[C@@H]2NC(=O)CC3(CCCCC3)SSC[C@@H](C(=O)N3CCC[C@H]3C(=O)N[C@@H](CCCN=C(N)N)C(=O)NCC(N)=O)NC(=O)[C@H](CC(N)=O)NC(=O)[C@H](CCC(N)=O)NC(=O)[C@H](Cc3ccccc3)NC2=O)cc1. The number of benzene rings is 2. The van der Waals surface area contributed by atoms with E-state index in [1.165, 1.54) is 33.6 Å². The van der Waals surface area contributed by atoms with Crippen LogP contribution in [0, 0.1) is 0 Å². The van der Waals surface area contributed by atoms with Gasteiger partial charge in [-0.2, -0.15) is 0 Å². The lowest BCUT2D eigenvalue weighted by atomic mass is 9.85. The van der Waals surface area contributed by atoms with Gasteiger partial charge in [0.25, 0.3) is 0 Å². The number of aliphatic imine (C=N–C) groups is 1. The number of carbonyl (C=O) groups is 11.